The molecule has 4 rings (SSSR count). The second kappa shape index (κ2) is 7.37. The Hall–Kier alpha value is -1.92. The normalized spacial score (nSPS) is 23.7. The minimum absolute atomic E-state index is 0.170. The van der Waals surface area contributed by atoms with Crippen molar-refractivity contribution in [2.45, 2.75) is 43.6 Å². The van der Waals surface area contributed by atoms with Gasteiger partial charge in [-0.3, -0.25) is 4.90 Å². The van der Waals surface area contributed by atoms with Crippen molar-refractivity contribution in [3.05, 3.63) is 41.5 Å². The fourth-order valence-corrected chi connectivity index (χ4v) is 4.35. The van der Waals surface area contributed by atoms with E-state index in [0.29, 0.717) is 0 Å². The summed E-state index contributed by atoms with van der Waals surface area (Å²) in [6, 6.07) is 8.55. The van der Waals surface area contributed by atoms with Crippen molar-refractivity contribution >= 4 is 0 Å². The Morgan fingerprint density at radius 3 is 2.65 bits per heavy atom. The van der Waals surface area contributed by atoms with Crippen LogP contribution in [0.3, 0.4) is 0 Å². The van der Waals surface area contributed by atoms with Crippen LogP contribution in [0.5, 0.6) is 5.75 Å². The number of hydrogen-bond acceptors (Lipinski definition) is 6. The van der Waals surface area contributed by atoms with Crippen LogP contribution in [0.15, 0.2) is 28.8 Å². The predicted molar refractivity (Wildman–Crippen MR) is 99.4 cm³/mol. The lowest BCUT2D eigenvalue weighted by Gasteiger charge is -2.34. The third-order valence-corrected chi connectivity index (χ3v) is 6.01. The van der Waals surface area contributed by atoms with E-state index in [1.54, 1.807) is 7.11 Å². The van der Waals surface area contributed by atoms with Crippen molar-refractivity contribution in [3.8, 4) is 5.75 Å². The standard InChI is InChI=1S/C20H28N4O2/c1-24-13-12-21-14-17(24)18-22-19(26-23-18)20(10-4-3-5-11-20)15-6-8-16(25-2)9-7-15/h6-9,17,21H,3-5,10-14H2,1-2H3. The van der Waals surface area contributed by atoms with Crippen LogP contribution >= 0.6 is 0 Å². The molecule has 1 saturated carbocycles. The molecule has 1 aliphatic carbocycles. The van der Waals surface area contributed by atoms with Crippen molar-refractivity contribution in [1.29, 1.82) is 0 Å². The molecule has 26 heavy (non-hydrogen) atoms. The van der Waals surface area contributed by atoms with Gasteiger partial charge in [0.05, 0.1) is 18.6 Å². The van der Waals surface area contributed by atoms with E-state index < -0.39 is 0 Å². The first-order chi connectivity index (χ1) is 12.7. The molecule has 1 N–H and O–H groups in total. The number of piperazine rings is 1. The summed E-state index contributed by atoms with van der Waals surface area (Å²) in [5, 5.41) is 7.81. The lowest BCUT2D eigenvalue weighted by atomic mass is 9.69. The van der Waals surface area contributed by atoms with Gasteiger partial charge < -0.3 is 14.6 Å². The molecule has 6 heteroatoms. The van der Waals surface area contributed by atoms with E-state index in [-0.39, 0.29) is 11.5 Å². The van der Waals surface area contributed by atoms with Crippen molar-refractivity contribution in [2.75, 3.05) is 33.8 Å². The summed E-state index contributed by atoms with van der Waals surface area (Å²) in [5.74, 6) is 2.45. The molecule has 2 aliphatic rings. The van der Waals surface area contributed by atoms with Gasteiger partial charge >= 0.3 is 0 Å². The number of nitrogens with zero attached hydrogens (tertiary/aromatic N) is 3. The molecule has 1 aromatic heterocycles. The van der Waals surface area contributed by atoms with Crippen LogP contribution in [0, 0.1) is 0 Å². The average Bonchev–Trinajstić information content (AvgIpc) is 3.19. The molecular weight excluding hydrogens is 328 g/mol. The fourth-order valence-electron chi connectivity index (χ4n) is 4.35. The highest BCUT2D eigenvalue weighted by Crippen LogP contribution is 2.44. The van der Waals surface area contributed by atoms with Gasteiger partial charge in [0, 0.05) is 19.6 Å². The quantitative estimate of drug-likeness (QED) is 0.909. The Balaban J connectivity index is 1.68. The van der Waals surface area contributed by atoms with E-state index in [0.717, 1.165) is 49.9 Å². The molecule has 1 aliphatic heterocycles. The van der Waals surface area contributed by atoms with Crippen LogP contribution in [0.4, 0.5) is 0 Å². The van der Waals surface area contributed by atoms with Gasteiger partial charge in [-0.2, -0.15) is 4.98 Å². The molecule has 1 aromatic carbocycles. The van der Waals surface area contributed by atoms with E-state index in [1.807, 2.05) is 12.1 Å². The molecule has 2 fully saturated rings. The maximum atomic E-state index is 5.87. The molecular formula is C20H28N4O2. The van der Waals surface area contributed by atoms with Gasteiger partial charge in [-0.1, -0.05) is 36.6 Å². The number of ether oxygens (including phenoxy) is 1. The Morgan fingerprint density at radius 2 is 1.96 bits per heavy atom. The third kappa shape index (κ3) is 3.12. The first-order valence-corrected chi connectivity index (χ1v) is 9.62. The van der Waals surface area contributed by atoms with Gasteiger partial charge in [-0.25, -0.2) is 0 Å². The summed E-state index contributed by atoms with van der Waals surface area (Å²) < 4.78 is 11.2. The highest BCUT2D eigenvalue weighted by Gasteiger charge is 2.41. The molecule has 1 atom stereocenters. The van der Waals surface area contributed by atoms with Crippen LogP contribution < -0.4 is 10.1 Å². The molecule has 1 saturated heterocycles. The van der Waals surface area contributed by atoms with Gasteiger partial charge in [-0.05, 0) is 37.6 Å². The topological polar surface area (TPSA) is 63.4 Å². The lowest BCUT2D eigenvalue weighted by molar-refractivity contribution is 0.189. The van der Waals surface area contributed by atoms with E-state index in [1.165, 1.54) is 24.8 Å². The number of likely N-dealkylation sites (N-methyl/N-ethyl adjacent to an activating group) is 1. The summed E-state index contributed by atoms with van der Waals surface area (Å²) in [7, 11) is 3.83. The van der Waals surface area contributed by atoms with Gasteiger partial charge in [0.2, 0.25) is 5.89 Å². The van der Waals surface area contributed by atoms with Crippen LogP contribution in [0.1, 0.15) is 55.4 Å². The van der Waals surface area contributed by atoms with Crippen LogP contribution in [0.25, 0.3) is 0 Å². The summed E-state index contributed by atoms with van der Waals surface area (Å²) in [5.41, 5.74) is 1.08. The number of benzene rings is 1. The molecule has 0 amide bonds. The van der Waals surface area contributed by atoms with E-state index in [2.05, 4.69) is 34.6 Å². The predicted octanol–water partition coefficient (Wildman–Crippen LogP) is 2.90. The molecule has 140 valence electrons. The highest BCUT2D eigenvalue weighted by molar-refractivity contribution is 5.37. The molecule has 2 aromatic rings. The number of aromatic nitrogens is 2. The first-order valence-electron chi connectivity index (χ1n) is 9.62. The SMILES string of the molecule is COc1ccc(C2(c3nc(C4CNCCN4C)no3)CCCCC2)cc1. The van der Waals surface area contributed by atoms with Crippen molar-refractivity contribution in [1.82, 2.24) is 20.4 Å². The Kier molecular flexibility index (Phi) is 4.96. The monoisotopic (exact) mass is 356 g/mol. The molecule has 6 nitrogen and oxygen atoms in total. The van der Waals surface area contributed by atoms with E-state index in [9.17, 15) is 0 Å². The molecule has 2 heterocycles. The second-order valence-corrected chi connectivity index (χ2v) is 7.53. The van der Waals surface area contributed by atoms with Crippen LogP contribution in [0.2, 0.25) is 0 Å². The van der Waals surface area contributed by atoms with Gasteiger partial charge in [-0.15, -0.1) is 0 Å². The van der Waals surface area contributed by atoms with Crippen LogP contribution in [-0.2, 0) is 5.41 Å². The number of rotatable bonds is 4. The number of hydrogen-bond donors (Lipinski definition) is 1. The van der Waals surface area contributed by atoms with E-state index in [4.69, 9.17) is 14.2 Å². The summed E-state index contributed by atoms with van der Waals surface area (Å²) in [6.07, 6.45) is 5.76. The summed E-state index contributed by atoms with van der Waals surface area (Å²) in [6.45, 7) is 2.87. The fraction of sp³-hybridized carbons (Fsp3) is 0.600. The molecule has 0 radical (unpaired) electrons. The Morgan fingerprint density at radius 1 is 1.19 bits per heavy atom. The van der Waals surface area contributed by atoms with E-state index >= 15 is 0 Å². The summed E-state index contributed by atoms with van der Waals surface area (Å²) in [4.78, 5) is 7.21. The first kappa shape index (κ1) is 17.5. The molecule has 1 unspecified atom stereocenters. The van der Waals surface area contributed by atoms with Crippen LogP contribution in [-0.4, -0.2) is 48.8 Å². The van der Waals surface area contributed by atoms with Gasteiger partial charge in [0.25, 0.3) is 0 Å². The van der Waals surface area contributed by atoms with Crippen molar-refractivity contribution in [3.63, 3.8) is 0 Å². The molecule has 0 bridgehead atoms. The van der Waals surface area contributed by atoms with Crippen molar-refractivity contribution in [2.24, 2.45) is 0 Å². The Labute approximate surface area is 154 Å². The minimum Gasteiger partial charge on any atom is -0.497 e. The zero-order valence-electron chi connectivity index (χ0n) is 15.7. The lowest BCUT2D eigenvalue weighted by Crippen LogP contribution is -2.44. The average molecular weight is 356 g/mol. The zero-order chi connectivity index (χ0) is 18.0. The number of nitrogens with one attached hydrogen (secondary N) is 1. The summed E-state index contributed by atoms with van der Waals surface area (Å²) >= 11 is 0. The third-order valence-electron chi connectivity index (χ3n) is 6.01. The zero-order valence-corrected chi connectivity index (χ0v) is 15.7. The van der Waals surface area contributed by atoms with Gasteiger partial charge in [0.15, 0.2) is 5.82 Å². The minimum atomic E-state index is -0.170. The van der Waals surface area contributed by atoms with Gasteiger partial charge in [0.1, 0.15) is 5.75 Å². The number of methoxy groups -OCH3 is 1. The second-order valence-electron chi connectivity index (χ2n) is 7.53. The maximum absolute atomic E-state index is 5.87. The highest BCUT2D eigenvalue weighted by atomic mass is 16.5. The maximum Gasteiger partial charge on any atom is 0.237 e. The molecule has 0 spiro atoms. The van der Waals surface area contributed by atoms with Crippen molar-refractivity contribution < 1.29 is 9.26 Å². The smallest absolute Gasteiger partial charge is 0.237 e. The Bertz CT molecular complexity index is 722. The largest absolute Gasteiger partial charge is 0.497 e.